The maximum Gasteiger partial charge on any atom is 0.337 e. The molecule has 0 aromatic rings. The number of amides is 1. The van der Waals surface area contributed by atoms with Crippen molar-refractivity contribution in [3.63, 3.8) is 0 Å². The molecule has 1 amide bonds. The summed E-state index contributed by atoms with van der Waals surface area (Å²) >= 11 is 0. The van der Waals surface area contributed by atoms with Crippen molar-refractivity contribution in [2.45, 2.75) is 46.6 Å². The first kappa shape index (κ1) is 21.5. The normalized spacial score (nSPS) is 17.0. The Bertz CT molecular complexity index is 695. The minimum Gasteiger partial charge on any atom is -0.463 e. The molecule has 1 aliphatic heterocycles. The molecule has 1 saturated carbocycles. The van der Waals surface area contributed by atoms with Crippen LogP contribution in [-0.4, -0.2) is 49.7 Å². The lowest BCUT2D eigenvalue weighted by Gasteiger charge is -2.28. The largest absolute Gasteiger partial charge is 0.463 e. The van der Waals surface area contributed by atoms with Gasteiger partial charge < -0.3 is 24.8 Å². The molecule has 2 aliphatic rings. The van der Waals surface area contributed by atoms with Crippen molar-refractivity contribution < 1.29 is 33.4 Å². The Morgan fingerprint density at radius 2 is 1.43 bits per heavy atom. The number of hydrogen-bond acceptors (Lipinski definition) is 8. The molecule has 0 radical (unpaired) electrons. The van der Waals surface area contributed by atoms with Crippen LogP contribution in [-0.2, 0) is 33.4 Å². The van der Waals surface area contributed by atoms with Crippen molar-refractivity contribution in [2.75, 3.05) is 19.8 Å². The van der Waals surface area contributed by atoms with Gasteiger partial charge in [0, 0.05) is 17.4 Å². The molecule has 9 heteroatoms. The summed E-state index contributed by atoms with van der Waals surface area (Å²) in [6.07, 6.45) is 1.80. The van der Waals surface area contributed by atoms with Gasteiger partial charge in [0.15, 0.2) is 6.61 Å². The lowest BCUT2D eigenvalue weighted by molar-refractivity contribution is -0.154. The summed E-state index contributed by atoms with van der Waals surface area (Å²) in [6, 6.07) is 0.125. The smallest absolute Gasteiger partial charge is 0.337 e. The second-order valence-corrected chi connectivity index (χ2v) is 6.53. The van der Waals surface area contributed by atoms with E-state index in [0.717, 1.165) is 12.8 Å². The van der Waals surface area contributed by atoms with E-state index >= 15 is 0 Å². The molecule has 9 nitrogen and oxygen atoms in total. The van der Waals surface area contributed by atoms with E-state index in [9.17, 15) is 19.2 Å². The van der Waals surface area contributed by atoms with Crippen LogP contribution in [0.3, 0.4) is 0 Å². The number of dihydropyridines is 1. The fraction of sp³-hybridized carbons (Fsp3) is 0.579. The number of carbonyl (C=O) groups is 4. The Hall–Kier alpha value is -2.84. The highest BCUT2D eigenvalue weighted by atomic mass is 16.5. The Labute approximate surface area is 163 Å². The quantitative estimate of drug-likeness (QED) is 0.456. The molecular weight excluding hydrogens is 368 g/mol. The van der Waals surface area contributed by atoms with Crippen molar-refractivity contribution in [3.8, 4) is 0 Å². The zero-order valence-corrected chi connectivity index (χ0v) is 16.5. The highest BCUT2D eigenvalue weighted by Gasteiger charge is 2.42. The van der Waals surface area contributed by atoms with E-state index in [0.29, 0.717) is 11.4 Å². The van der Waals surface area contributed by atoms with Crippen LogP contribution in [0.5, 0.6) is 0 Å². The number of allylic oxidation sites excluding steroid dienone is 2. The molecule has 28 heavy (non-hydrogen) atoms. The van der Waals surface area contributed by atoms with Gasteiger partial charge in [-0.3, -0.25) is 9.59 Å². The minimum atomic E-state index is -1.34. The number of hydrogen-bond donors (Lipinski definition) is 2. The Morgan fingerprint density at radius 1 is 0.929 bits per heavy atom. The third kappa shape index (κ3) is 5.11. The summed E-state index contributed by atoms with van der Waals surface area (Å²) in [5, 5.41) is 5.62. The Balaban J connectivity index is 2.28. The van der Waals surface area contributed by atoms with Gasteiger partial charge in [0.2, 0.25) is 0 Å². The summed E-state index contributed by atoms with van der Waals surface area (Å²) in [4.78, 5) is 49.6. The van der Waals surface area contributed by atoms with Crippen LogP contribution in [0.2, 0.25) is 0 Å². The molecule has 0 bridgehead atoms. The van der Waals surface area contributed by atoms with Gasteiger partial charge in [-0.25, -0.2) is 9.59 Å². The van der Waals surface area contributed by atoms with E-state index in [1.807, 2.05) is 0 Å². The summed E-state index contributed by atoms with van der Waals surface area (Å²) in [7, 11) is 0. The highest BCUT2D eigenvalue weighted by Crippen LogP contribution is 2.32. The molecular formula is C19H26N2O7. The number of nitrogens with one attached hydrogen (secondary N) is 2. The fourth-order valence-corrected chi connectivity index (χ4v) is 2.91. The van der Waals surface area contributed by atoms with Crippen LogP contribution in [0, 0.1) is 5.92 Å². The number of rotatable bonds is 8. The average Bonchev–Trinajstić information content (AvgIpc) is 3.43. The van der Waals surface area contributed by atoms with Crippen LogP contribution in [0.25, 0.3) is 0 Å². The molecule has 154 valence electrons. The second kappa shape index (κ2) is 9.38. The maximum atomic E-state index is 12.8. The van der Waals surface area contributed by atoms with Gasteiger partial charge in [0.25, 0.3) is 5.91 Å². The van der Waals surface area contributed by atoms with Gasteiger partial charge in [-0.1, -0.05) is 0 Å². The van der Waals surface area contributed by atoms with Crippen molar-refractivity contribution in [1.29, 1.82) is 0 Å². The molecule has 1 heterocycles. The van der Waals surface area contributed by atoms with Crippen molar-refractivity contribution in [1.82, 2.24) is 10.6 Å². The Kier molecular flexibility index (Phi) is 7.19. The summed E-state index contributed by atoms with van der Waals surface area (Å²) in [5.41, 5.74) is 0.660. The summed E-state index contributed by atoms with van der Waals surface area (Å²) in [5.74, 6) is -4.15. The van der Waals surface area contributed by atoms with Crippen molar-refractivity contribution in [2.24, 2.45) is 5.92 Å². The van der Waals surface area contributed by atoms with Crippen LogP contribution >= 0.6 is 0 Å². The van der Waals surface area contributed by atoms with E-state index in [1.54, 1.807) is 27.7 Å². The molecule has 0 saturated heterocycles. The predicted octanol–water partition coefficient (Wildman–Crippen LogP) is 0.702. The van der Waals surface area contributed by atoms with Gasteiger partial charge in [-0.2, -0.15) is 0 Å². The highest BCUT2D eigenvalue weighted by molar-refractivity contribution is 6.05. The number of ether oxygens (including phenoxy) is 3. The van der Waals surface area contributed by atoms with Crippen LogP contribution < -0.4 is 10.6 Å². The molecule has 0 spiro atoms. The standard InChI is InChI=1S/C19H26N2O7/c1-5-26-17(23)14-10(3)20-11(4)15(18(24)27-6-2)16(14)19(25)28-9-13(22)21-12-7-8-12/h12,16,20H,5-9H2,1-4H3,(H,21,22). The lowest BCUT2D eigenvalue weighted by Crippen LogP contribution is -2.39. The van der Waals surface area contributed by atoms with E-state index in [2.05, 4.69) is 10.6 Å². The average molecular weight is 394 g/mol. The van der Waals surface area contributed by atoms with Gasteiger partial charge in [-0.15, -0.1) is 0 Å². The van der Waals surface area contributed by atoms with E-state index in [1.165, 1.54) is 0 Å². The molecule has 2 N–H and O–H groups in total. The Morgan fingerprint density at radius 3 is 1.86 bits per heavy atom. The summed E-state index contributed by atoms with van der Waals surface area (Å²) < 4.78 is 15.2. The van der Waals surface area contributed by atoms with Crippen LogP contribution in [0.15, 0.2) is 22.5 Å². The summed E-state index contributed by atoms with van der Waals surface area (Å²) in [6.45, 7) is 6.15. The zero-order valence-electron chi connectivity index (χ0n) is 16.5. The van der Waals surface area contributed by atoms with E-state index in [-0.39, 0.29) is 30.4 Å². The van der Waals surface area contributed by atoms with Gasteiger partial charge in [0.05, 0.1) is 24.4 Å². The number of carbonyl (C=O) groups excluding carboxylic acids is 4. The first-order valence-corrected chi connectivity index (χ1v) is 9.28. The third-order valence-corrected chi connectivity index (χ3v) is 4.27. The van der Waals surface area contributed by atoms with Crippen LogP contribution in [0.4, 0.5) is 0 Å². The topological polar surface area (TPSA) is 120 Å². The third-order valence-electron chi connectivity index (χ3n) is 4.27. The molecule has 0 unspecified atom stereocenters. The molecule has 2 rings (SSSR count). The zero-order chi connectivity index (χ0) is 20.8. The SMILES string of the molecule is CCOC(=O)C1=C(C)NC(C)=C(C(=O)OCC)C1C(=O)OCC(=O)NC1CC1. The lowest BCUT2D eigenvalue weighted by atomic mass is 9.85. The van der Waals surface area contributed by atoms with Gasteiger partial charge in [-0.05, 0) is 40.5 Å². The number of esters is 3. The predicted molar refractivity (Wildman–Crippen MR) is 97.4 cm³/mol. The monoisotopic (exact) mass is 394 g/mol. The van der Waals surface area contributed by atoms with Gasteiger partial charge in [0.1, 0.15) is 5.92 Å². The van der Waals surface area contributed by atoms with E-state index in [4.69, 9.17) is 14.2 Å². The van der Waals surface area contributed by atoms with Gasteiger partial charge >= 0.3 is 17.9 Å². The van der Waals surface area contributed by atoms with E-state index < -0.39 is 36.3 Å². The molecule has 0 aromatic heterocycles. The first-order chi connectivity index (χ1) is 13.3. The van der Waals surface area contributed by atoms with Crippen molar-refractivity contribution >= 4 is 23.8 Å². The molecule has 1 fully saturated rings. The maximum absolute atomic E-state index is 12.8. The second-order valence-electron chi connectivity index (χ2n) is 6.53. The minimum absolute atomic E-state index is 0.0388. The van der Waals surface area contributed by atoms with Crippen molar-refractivity contribution in [3.05, 3.63) is 22.5 Å². The first-order valence-electron chi connectivity index (χ1n) is 9.28. The molecule has 0 atom stereocenters. The van der Waals surface area contributed by atoms with Crippen LogP contribution in [0.1, 0.15) is 40.5 Å². The molecule has 1 aliphatic carbocycles. The molecule has 0 aromatic carbocycles. The fourth-order valence-electron chi connectivity index (χ4n) is 2.91.